The summed E-state index contributed by atoms with van der Waals surface area (Å²) in [6.45, 7) is 2.54. The number of ether oxygens (including phenoxy) is 1. The lowest BCUT2D eigenvalue weighted by Crippen LogP contribution is -2.44. The number of carbonyl (C=O) groups excluding carboxylic acids is 1. The summed E-state index contributed by atoms with van der Waals surface area (Å²) in [4.78, 5) is 28.6. The molecule has 1 saturated heterocycles. The molecule has 3 aromatic rings. The Bertz CT molecular complexity index is 1340. The highest BCUT2D eigenvalue weighted by molar-refractivity contribution is 5.87. The molecule has 1 aromatic heterocycles. The molecule has 0 aliphatic carbocycles. The highest BCUT2D eigenvalue weighted by atomic mass is 19.4. The Hall–Kier alpha value is -3.61. The van der Waals surface area contributed by atoms with E-state index < -0.39 is 12.5 Å². The number of hydrogen-bond donors (Lipinski definition) is 5. The normalized spacial score (nSPS) is 15.8. The zero-order chi connectivity index (χ0) is 28.0. The quantitative estimate of drug-likeness (QED) is 0.264. The largest absolute Gasteiger partial charge is 0.573 e. The number of likely N-dealkylation sites (tertiary alicyclic amines) is 1. The van der Waals surface area contributed by atoms with E-state index >= 15 is 0 Å². The number of phenolic OH excluding ortho intramolecular Hbond substituents is 1. The van der Waals surface area contributed by atoms with Crippen molar-refractivity contribution in [2.75, 3.05) is 26.2 Å². The van der Waals surface area contributed by atoms with Crippen molar-refractivity contribution >= 4 is 16.8 Å². The number of pyridine rings is 1. The summed E-state index contributed by atoms with van der Waals surface area (Å²) in [5, 5.41) is 27.5. The monoisotopic (exact) mass is 548 g/mol. The lowest BCUT2D eigenvalue weighted by Gasteiger charge is -2.32. The number of aliphatic hydroxyl groups excluding tert-OH is 1. The number of aliphatic hydroxyl groups is 1. The predicted molar refractivity (Wildman–Crippen MR) is 138 cm³/mol. The third-order valence-corrected chi connectivity index (χ3v) is 6.73. The van der Waals surface area contributed by atoms with Crippen LogP contribution >= 0.6 is 0 Å². The van der Waals surface area contributed by atoms with Crippen molar-refractivity contribution in [2.45, 2.75) is 44.3 Å². The summed E-state index contributed by atoms with van der Waals surface area (Å²) >= 11 is 0. The molecular formula is C27H31F3N4O5. The Balaban J connectivity index is 1.17. The summed E-state index contributed by atoms with van der Waals surface area (Å²) in [6, 6.07) is 11.7. The molecular weight excluding hydrogens is 517 g/mol. The van der Waals surface area contributed by atoms with Crippen LogP contribution in [0.1, 0.15) is 36.5 Å². The van der Waals surface area contributed by atoms with Crippen molar-refractivity contribution in [1.82, 2.24) is 20.5 Å². The van der Waals surface area contributed by atoms with E-state index in [1.807, 2.05) is 0 Å². The van der Waals surface area contributed by atoms with Crippen LogP contribution in [0, 0.1) is 0 Å². The van der Waals surface area contributed by atoms with Crippen LogP contribution in [0.25, 0.3) is 10.9 Å². The van der Waals surface area contributed by atoms with E-state index in [4.69, 9.17) is 0 Å². The molecule has 0 radical (unpaired) electrons. The predicted octanol–water partition coefficient (Wildman–Crippen LogP) is 2.93. The molecule has 0 bridgehead atoms. The van der Waals surface area contributed by atoms with E-state index in [9.17, 15) is 33.0 Å². The highest BCUT2D eigenvalue weighted by Crippen LogP contribution is 2.29. The molecule has 1 aliphatic heterocycles. The molecule has 4 rings (SSSR count). The molecule has 1 atom stereocenters. The number of nitrogens with one attached hydrogen (secondary N) is 3. The maximum atomic E-state index is 12.4. The Morgan fingerprint density at radius 3 is 2.67 bits per heavy atom. The van der Waals surface area contributed by atoms with Crippen LogP contribution in [0.2, 0.25) is 0 Å². The zero-order valence-corrected chi connectivity index (χ0v) is 21.1. The van der Waals surface area contributed by atoms with Gasteiger partial charge in [0.15, 0.2) is 0 Å². The minimum atomic E-state index is -4.77. The van der Waals surface area contributed by atoms with Gasteiger partial charge in [-0.1, -0.05) is 18.2 Å². The number of hydrogen-bond acceptors (Lipinski definition) is 7. The van der Waals surface area contributed by atoms with Crippen molar-refractivity contribution < 1.29 is 32.9 Å². The van der Waals surface area contributed by atoms with Gasteiger partial charge >= 0.3 is 6.36 Å². The zero-order valence-electron chi connectivity index (χ0n) is 21.1. The maximum Gasteiger partial charge on any atom is 0.573 e. The third-order valence-electron chi connectivity index (χ3n) is 6.73. The number of aromatic nitrogens is 1. The van der Waals surface area contributed by atoms with Gasteiger partial charge in [0.05, 0.1) is 11.6 Å². The number of fused-ring (bicyclic) bond motifs is 1. The topological polar surface area (TPSA) is 127 Å². The number of aromatic hydroxyl groups is 1. The van der Waals surface area contributed by atoms with Crippen LogP contribution in [0.4, 0.5) is 13.2 Å². The fourth-order valence-corrected chi connectivity index (χ4v) is 4.70. The number of amides is 1. The van der Waals surface area contributed by atoms with E-state index in [1.165, 1.54) is 30.3 Å². The lowest BCUT2D eigenvalue weighted by molar-refractivity contribution is -0.274. The van der Waals surface area contributed by atoms with Crippen molar-refractivity contribution in [1.29, 1.82) is 0 Å². The average molecular weight is 549 g/mol. The van der Waals surface area contributed by atoms with Gasteiger partial charge in [-0.3, -0.25) is 9.59 Å². The maximum absolute atomic E-state index is 12.4. The van der Waals surface area contributed by atoms with Crippen LogP contribution in [0.5, 0.6) is 11.5 Å². The minimum Gasteiger partial charge on any atom is -0.506 e. The number of carbonyl (C=O) groups is 1. The first-order valence-corrected chi connectivity index (χ1v) is 12.7. The molecule has 2 aromatic carbocycles. The number of piperidine rings is 1. The highest BCUT2D eigenvalue weighted by Gasteiger charge is 2.31. The minimum absolute atomic E-state index is 0.0580. The standard InChI is InChI=1S/C27H31F3N4O5/c28-27(29,30)39-19-3-1-2-17(14-19)15-32-24(37)10-13-34-11-8-18(9-12-34)31-16-23(36)20-4-6-22(35)26-21(20)5-7-25(38)33-26/h1-7,14,18,23,31,35-36H,8-13,15-16H2,(H,32,37)(H,33,38). The Morgan fingerprint density at radius 1 is 1.15 bits per heavy atom. The number of rotatable bonds is 10. The summed E-state index contributed by atoms with van der Waals surface area (Å²) in [5.74, 6) is -0.577. The number of alkyl halides is 3. The number of nitrogens with zero attached hydrogens (tertiary/aromatic N) is 1. The first-order chi connectivity index (χ1) is 18.6. The second-order valence-electron chi connectivity index (χ2n) is 9.55. The van der Waals surface area contributed by atoms with Gasteiger partial charge in [-0.2, -0.15) is 0 Å². The smallest absolute Gasteiger partial charge is 0.506 e. The summed E-state index contributed by atoms with van der Waals surface area (Å²) in [7, 11) is 0. The van der Waals surface area contributed by atoms with Gasteiger partial charge in [0, 0.05) is 43.5 Å². The van der Waals surface area contributed by atoms with E-state index in [1.54, 1.807) is 18.2 Å². The molecule has 0 saturated carbocycles. The average Bonchev–Trinajstić information content (AvgIpc) is 2.89. The van der Waals surface area contributed by atoms with Gasteiger partial charge in [0.1, 0.15) is 11.5 Å². The van der Waals surface area contributed by atoms with Crippen LogP contribution in [0.3, 0.4) is 0 Å². The molecule has 1 unspecified atom stereocenters. The molecule has 1 aliphatic rings. The Kier molecular flexibility index (Phi) is 9.10. The Labute approximate surface area is 222 Å². The first kappa shape index (κ1) is 28.4. The molecule has 5 N–H and O–H groups in total. The van der Waals surface area contributed by atoms with Crippen molar-refractivity contribution in [2.24, 2.45) is 0 Å². The molecule has 39 heavy (non-hydrogen) atoms. The van der Waals surface area contributed by atoms with E-state index in [0.29, 0.717) is 35.1 Å². The summed E-state index contributed by atoms with van der Waals surface area (Å²) in [6.07, 6.45) is -3.66. The lowest BCUT2D eigenvalue weighted by atomic mass is 10.0. The second kappa shape index (κ2) is 12.5. The fourth-order valence-electron chi connectivity index (χ4n) is 4.70. The van der Waals surface area contributed by atoms with E-state index in [0.717, 1.165) is 25.9 Å². The number of phenols is 1. The first-order valence-electron chi connectivity index (χ1n) is 12.7. The number of benzene rings is 2. The van der Waals surface area contributed by atoms with Crippen LogP contribution in [-0.2, 0) is 11.3 Å². The number of halogens is 3. The van der Waals surface area contributed by atoms with E-state index in [-0.39, 0.29) is 42.0 Å². The van der Waals surface area contributed by atoms with Crippen LogP contribution < -0.4 is 20.9 Å². The van der Waals surface area contributed by atoms with E-state index in [2.05, 4.69) is 25.3 Å². The van der Waals surface area contributed by atoms with Gasteiger partial charge in [-0.15, -0.1) is 13.2 Å². The van der Waals surface area contributed by atoms with Crippen LogP contribution in [0.15, 0.2) is 53.3 Å². The third kappa shape index (κ3) is 8.19. The molecule has 1 amide bonds. The summed E-state index contributed by atoms with van der Waals surface area (Å²) in [5.41, 5.74) is 1.07. The molecule has 2 heterocycles. The van der Waals surface area contributed by atoms with Gasteiger partial charge in [0.2, 0.25) is 11.5 Å². The molecule has 1 fully saturated rings. The number of H-pyrrole nitrogens is 1. The fraction of sp³-hybridized carbons (Fsp3) is 0.407. The molecule has 210 valence electrons. The Morgan fingerprint density at radius 2 is 1.92 bits per heavy atom. The molecule has 0 spiro atoms. The van der Waals surface area contributed by atoms with Gasteiger partial charge in [-0.25, -0.2) is 0 Å². The molecule has 12 heteroatoms. The SMILES string of the molecule is O=C(CCN1CCC(NCC(O)c2ccc(O)c3[nH]c(=O)ccc23)CC1)NCc1cccc(OC(F)(F)F)c1. The van der Waals surface area contributed by atoms with Gasteiger partial charge < -0.3 is 35.5 Å². The molecule has 9 nitrogen and oxygen atoms in total. The van der Waals surface area contributed by atoms with Crippen molar-refractivity contribution in [3.8, 4) is 11.5 Å². The van der Waals surface area contributed by atoms with Crippen molar-refractivity contribution in [3.05, 3.63) is 70.0 Å². The number of aromatic amines is 1. The summed E-state index contributed by atoms with van der Waals surface area (Å²) < 4.78 is 41.1. The van der Waals surface area contributed by atoms with Crippen molar-refractivity contribution in [3.63, 3.8) is 0 Å². The van der Waals surface area contributed by atoms with Gasteiger partial charge in [0.25, 0.3) is 0 Å². The van der Waals surface area contributed by atoms with Gasteiger partial charge in [-0.05, 0) is 61.3 Å². The second-order valence-corrected chi connectivity index (χ2v) is 9.55. The van der Waals surface area contributed by atoms with Crippen LogP contribution in [-0.4, -0.2) is 64.6 Å².